The second-order valence-corrected chi connectivity index (χ2v) is 25.7. The number of fused-ring (bicyclic) bond motifs is 1. The van der Waals surface area contributed by atoms with Gasteiger partial charge in [-0.15, -0.1) is 0 Å². The number of imidazole rings is 1. The van der Waals surface area contributed by atoms with E-state index in [-0.39, 0.29) is 63.0 Å². The van der Waals surface area contributed by atoms with Crippen molar-refractivity contribution in [3.8, 4) is 11.5 Å². The van der Waals surface area contributed by atoms with Crippen molar-refractivity contribution in [2.75, 3.05) is 19.8 Å². The van der Waals surface area contributed by atoms with Gasteiger partial charge >= 0.3 is 5.97 Å². The van der Waals surface area contributed by atoms with E-state index in [0.29, 0.717) is 45.3 Å². The van der Waals surface area contributed by atoms with Crippen LogP contribution in [0.2, 0.25) is 0 Å². The first-order chi connectivity index (χ1) is 51.9. The summed E-state index contributed by atoms with van der Waals surface area (Å²) in [4.78, 5) is 203. The molecule has 6 aromatic rings. The van der Waals surface area contributed by atoms with Gasteiger partial charge in [-0.1, -0.05) is 72.8 Å². The van der Waals surface area contributed by atoms with Crippen LogP contribution in [-0.4, -0.2) is 227 Å². The zero-order valence-corrected chi connectivity index (χ0v) is 59.4. The minimum absolute atomic E-state index is 0.0645. The lowest BCUT2D eigenvalue weighted by Crippen LogP contribution is -2.62. The molecule has 2 aromatic heterocycles. The molecule has 27 N–H and O–H groups in total. The number of rotatable bonds is 44. The molecule has 0 aliphatic carbocycles. The van der Waals surface area contributed by atoms with Crippen LogP contribution in [0.5, 0.6) is 11.5 Å². The van der Waals surface area contributed by atoms with Crippen molar-refractivity contribution in [3.05, 3.63) is 150 Å². The maximum absolute atomic E-state index is 15.2. The highest BCUT2D eigenvalue weighted by Crippen LogP contribution is 2.21. The number of aliphatic hydroxyl groups is 3. The number of benzene rings is 4. The largest absolute Gasteiger partial charge is 0.508 e. The smallest absolute Gasteiger partial charge is 0.328 e. The maximum Gasteiger partial charge on any atom is 0.328 e. The molecule has 586 valence electrons. The van der Waals surface area contributed by atoms with E-state index < -0.39 is 187 Å². The first-order valence-corrected chi connectivity index (χ1v) is 34.5. The number of amides is 13. The fourth-order valence-corrected chi connectivity index (χ4v) is 11.1. The van der Waals surface area contributed by atoms with E-state index >= 15 is 4.79 Å². The summed E-state index contributed by atoms with van der Waals surface area (Å²) in [5.74, 6) is -16.5. The predicted molar refractivity (Wildman–Crippen MR) is 387 cm³/mol. The Bertz CT molecular complexity index is 4130. The van der Waals surface area contributed by atoms with Crippen molar-refractivity contribution < 1.29 is 97.8 Å². The number of aromatic amines is 2. The Morgan fingerprint density at radius 1 is 0.450 bits per heavy atom. The molecule has 13 amide bonds. The van der Waals surface area contributed by atoms with Gasteiger partial charge in [-0.2, -0.15) is 0 Å². The number of H-pyrrole nitrogens is 2. The number of aromatic nitrogens is 3. The molecule has 4 aromatic carbocycles. The summed E-state index contributed by atoms with van der Waals surface area (Å²) in [7, 11) is 0. The van der Waals surface area contributed by atoms with Crippen LogP contribution in [-0.2, 0) is 99.2 Å². The quantitative estimate of drug-likeness (QED) is 0.0158. The van der Waals surface area contributed by atoms with E-state index in [1.54, 1.807) is 60.8 Å². The van der Waals surface area contributed by atoms with Gasteiger partial charge in [0.2, 0.25) is 76.8 Å². The number of carbonyl (C=O) groups is 14. The summed E-state index contributed by atoms with van der Waals surface area (Å²) in [6.45, 7) is 0.363. The Morgan fingerprint density at radius 3 is 1.31 bits per heavy atom. The number of aromatic hydroxyl groups is 2. The topological polar surface area (TPSA) is 641 Å². The first-order valence-electron chi connectivity index (χ1n) is 34.5. The normalized spacial score (nSPS) is 14.7. The Labute approximate surface area is 623 Å². The van der Waals surface area contributed by atoms with E-state index in [9.17, 15) is 93.0 Å². The standard InChI is InChI=1S/C71H92N18O20/c1-36(60(97)81-50(24-38-10-4-3-5-11-38)64(101)85-54(30-58(75)96)68(105)86-53(29-57(74)95)67(104)80-48(14-8-9-23-72)62(99)89-59(37(2)92)71(108)109)79-63(100)49(25-39-15-19-43(93)20-16-39)82-66(103)52(27-41-31-77-47-13-7-6-12-45(41)47)84-65(102)51(26-40-17-21-44(94)22-18-40)83-69(106)56(34-91)88-70(107)55(33-90)87-61(98)46(73)28-42-32-76-35-78-42/h3-7,10-13,15-22,31-32,35-37,46,48-56,59,77,90-94H,8-9,14,23-30,33-34,72-73H2,1-2H3,(H2,74,95)(H2,75,96)(H,76,78)(H,79,100)(H,80,104)(H,81,97)(H,82,103)(H,83,106)(H,84,102)(H,85,101)(H,86,105)(H,87,98)(H,88,107)(H,89,99)(H,108,109)/t36-,37+,46-,48-,49-,50-,51-,52-,53-,54-,55-,56-,59-/m0/s1. The highest BCUT2D eigenvalue weighted by atomic mass is 16.4. The average Bonchev–Trinajstić information content (AvgIpc) is 1.74. The lowest BCUT2D eigenvalue weighted by atomic mass is 10.00. The third kappa shape index (κ3) is 27.2. The van der Waals surface area contributed by atoms with Gasteiger partial charge in [0.1, 0.15) is 71.9 Å². The second kappa shape index (κ2) is 42.1. The molecule has 0 aliphatic rings. The second-order valence-electron chi connectivity index (χ2n) is 25.7. The van der Waals surface area contributed by atoms with E-state index in [2.05, 4.69) is 73.4 Å². The molecule has 0 saturated heterocycles. The number of phenolic OH excluding ortho intramolecular Hbond substituents is 2. The predicted octanol–water partition coefficient (Wildman–Crippen LogP) is -6.17. The molecular weight excluding hydrogens is 1420 g/mol. The minimum atomic E-state index is -1.97. The number of aliphatic carboxylic acids is 1. The van der Waals surface area contributed by atoms with Gasteiger partial charge in [0.15, 0.2) is 6.04 Å². The molecule has 0 bridgehead atoms. The fraction of sp³-hybridized carbons (Fsp3) is 0.394. The maximum atomic E-state index is 15.2. The van der Waals surface area contributed by atoms with Crippen molar-refractivity contribution >= 4 is 93.7 Å². The van der Waals surface area contributed by atoms with Crippen molar-refractivity contribution in [3.63, 3.8) is 0 Å². The van der Waals surface area contributed by atoms with Gasteiger partial charge in [0.05, 0.1) is 50.2 Å². The third-order valence-electron chi connectivity index (χ3n) is 17.1. The molecule has 0 radical (unpaired) electrons. The van der Waals surface area contributed by atoms with Crippen molar-refractivity contribution in [1.82, 2.24) is 73.4 Å². The summed E-state index contributed by atoms with van der Waals surface area (Å²) in [6.07, 6.45) is -0.181. The minimum Gasteiger partial charge on any atom is -0.508 e. The van der Waals surface area contributed by atoms with Crippen LogP contribution in [0.25, 0.3) is 10.9 Å². The number of para-hydroxylation sites is 1. The summed E-state index contributed by atoms with van der Waals surface area (Å²) in [5.41, 5.74) is 25.2. The molecule has 0 spiro atoms. The highest BCUT2D eigenvalue weighted by molar-refractivity contribution is 6.01. The Hall–Kier alpha value is -12.4. The molecule has 13 atom stereocenters. The summed E-state index contributed by atoms with van der Waals surface area (Å²) in [5, 5.41) is 87.6. The number of nitrogens with one attached hydrogen (secondary N) is 13. The van der Waals surface area contributed by atoms with Crippen molar-refractivity contribution in [2.24, 2.45) is 22.9 Å². The molecular formula is C71H92N18O20. The van der Waals surface area contributed by atoms with Gasteiger partial charge in [-0.3, -0.25) is 62.3 Å². The van der Waals surface area contributed by atoms with Crippen LogP contribution >= 0.6 is 0 Å². The lowest BCUT2D eigenvalue weighted by molar-refractivity contribution is -0.145. The number of hydrogen-bond donors (Lipinski definition) is 23. The van der Waals surface area contributed by atoms with Crippen LogP contribution in [0.3, 0.4) is 0 Å². The highest BCUT2D eigenvalue weighted by Gasteiger charge is 2.38. The van der Waals surface area contributed by atoms with E-state index in [0.717, 1.165) is 6.92 Å². The van der Waals surface area contributed by atoms with E-state index in [4.69, 9.17) is 22.9 Å². The Kier molecular flexibility index (Phi) is 33.0. The summed E-state index contributed by atoms with van der Waals surface area (Å²) < 4.78 is 0. The van der Waals surface area contributed by atoms with Crippen LogP contribution in [0.4, 0.5) is 0 Å². The van der Waals surface area contributed by atoms with E-state index in [1.807, 2.05) is 0 Å². The van der Waals surface area contributed by atoms with Gasteiger partial charge in [-0.25, -0.2) is 9.78 Å². The number of aliphatic hydroxyl groups excluding tert-OH is 3. The average molecular weight is 1520 g/mol. The molecule has 38 heteroatoms. The number of carbonyl (C=O) groups excluding carboxylic acids is 13. The van der Waals surface area contributed by atoms with Gasteiger partial charge in [0.25, 0.3) is 0 Å². The number of carboxylic acid groups (broad SMARTS) is 1. The monoisotopic (exact) mass is 1520 g/mol. The lowest BCUT2D eigenvalue weighted by Gasteiger charge is -2.28. The number of carboxylic acids is 1. The number of phenols is 2. The molecule has 0 aliphatic heterocycles. The third-order valence-corrected chi connectivity index (χ3v) is 17.1. The van der Waals surface area contributed by atoms with Gasteiger partial charge in [-0.05, 0) is 92.2 Å². The number of nitrogens with zero attached hydrogens (tertiary/aromatic N) is 1. The van der Waals surface area contributed by atoms with Crippen molar-refractivity contribution in [2.45, 2.75) is 157 Å². The molecule has 38 nitrogen and oxygen atoms in total. The number of nitrogens with two attached hydrogens (primary N) is 4. The Morgan fingerprint density at radius 2 is 0.853 bits per heavy atom. The zero-order chi connectivity index (χ0) is 80.0. The Balaban J connectivity index is 1.25. The molecule has 109 heavy (non-hydrogen) atoms. The van der Waals surface area contributed by atoms with Gasteiger partial charge in [0, 0.05) is 55.4 Å². The first kappa shape index (κ1) is 85.5. The molecule has 0 fully saturated rings. The number of hydrogen-bond acceptors (Lipinski definition) is 22. The molecule has 2 heterocycles. The molecule has 0 saturated carbocycles. The van der Waals surface area contributed by atoms with E-state index in [1.165, 1.54) is 68.0 Å². The number of unbranched alkanes of at least 4 members (excludes halogenated alkanes) is 1. The molecule has 6 rings (SSSR count). The zero-order valence-electron chi connectivity index (χ0n) is 59.4. The van der Waals surface area contributed by atoms with Gasteiger partial charge < -0.3 is 122 Å². The fourth-order valence-electron chi connectivity index (χ4n) is 11.1. The van der Waals surface area contributed by atoms with Crippen LogP contribution in [0.15, 0.2) is 122 Å². The summed E-state index contributed by atoms with van der Waals surface area (Å²) >= 11 is 0. The summed E-state index contributed by atoms with van der Waals surface area (Å²) in [6, 6.07) is 5.40. The molecule has 0 unspecified atom stereocenters. The van der Waals surface area contributed by atoms with Crippen LogP contribution in [0.1, 0.15) is 73.9 Å². The number of primary amides is 2. The van der Waals surface area contributed by atoms with Crippen molar-refractivity contribution in [1.29, 1.82) is 0 Å². The van der Waals surface area contributed by atoms with Crippen LogP contribution < -0.4 is 81.4 Å². The van der Waals surface area contributed by atoms with Crippen LogP contribution in [0, 0.1) is 0 Å². The SMILES string of the molecule is C[C@H](NC(=O)[C@H](Cc1ccc(O)cc1)NC(=O)[C@H](Cc1c[nH]c2ccccc12)NC(=O)[C@H](Cc1ccc(O)cc1)NC(=O)[C@H](CO)NC(=O)[C@H](CO)NC(=O)[C@@H](N)Cc1c[nH]cn1)C(=O)N[C@@H](Cc1ccccc1)C(=O)N[C@@H](CC(N)=O)C(=O)N[C@@H](CC(N)=O)C(=O)N[C@@H](CCCCN)C(=O)N[C@H](C(=O)O)[C@@H](C)O.